The molecule has 20 heavy (non-hydrogen) atoms. The summed E-state index contributed by atoms with van der Waals surface area (Å²) >= 11 is 0. The first-order valence-electron chi connectivity index (χ1n) is 6.96. The predicted molar refractivity (Wildman–Crippen MR) is 79.8 cm³/mol. The van der Waals surface area contributed by atoms with E-state index in [1.54, 1.807) is 4.90 Å². The molecule has 2 N–H and O–H groups in total. The molecular weight excluding hydrogens is 252 g/mol. The summed E-state index contributed by atoms with van der Waals surface area (Å²) in [5, 5.41) is 14.2. The van der Waals surface area contributed by atoms with E-state index in [4.69, 9.17) is 5.11 Å². The molecule has 1 fully saturated rings. The molecule has 1 aliphatic rings. The number of benzene rings is 2. The van der Waals surface area contributed by atoms with Gasteiger partial charge in [0, 0.05) is 18.0 Å². The Bertz CT molecular complexity index is 617. The Labute approximate surface area is 118 Å². The summed E-state index contributed by atoms with van der Waals surface area (Å²) in [6.07, 6.45) is 2.06. The van der Waals surface area contributed by atoms with Crippen molar-refractivity contribution in [1.29, 1.82) is 0 Å². The minimum absolute atomic E-state index is 0.000538. The predicted octanol–water partition coefficient (Wildman–Crippen LogP) is 2.83. The number of fused-ring (bicyclic) bond motifs is 1. The van der Waals surface area contributed by atoms with Crippen LogP contribution in [0, 0.1) is 0 Å². The van der Waals surface area contributed by atoms with Gasteiger partial charge in [-0.3, -0.25) is 0 Å². The molecule has 0 unspecified atom stereocenters. The first-order chi connectivity index (χ1) is 9.79. The van der Waals surface area contributed by atoms with Gasteiger partial charge in [0.25, 0.3) is 0 Å². The number of rotatable bonds is 4. The quantitative estimate of drug-likeness (QED) is 0.897. The van der Waals surface area contributed by atoms with E-state index in [0.717, 1.165) is 29.3 Å². The van der Waals surface area contributed by atoms with E-state index in [-0.39, 0.29) is 18.7 Å². The van der Waals surface area contributed by atoms with Crippen LogP contribution in [0.2, 0.25) is 0 Å². The van der Waals surface area contributed by atoms with Crippen LogP contribution in [0.25, 0.3) is 10.8 Å². The van der Waals surface area contributed by atoms with Crippen molar-refractivity contribution >= 4 is 22.5 Å². The third kappa shape index (κ3) is 2.60. The van der Waals surface area contributed by atoms with Gasteiger partial charge in [-0.25, -0.2) is 4.79 Å². The fourth-order valence-corrected chi connectivity index (χ4v) is 2.47. The molecule has 104 valence electrons. The summed E-state index contributed by atoms with van der Waals surface area (Å²) in [4.78, 5) is 14.1. The van der Waals surface area contributed by atoms with Gasteiger partial charge >= 0.3 is 6.03 Å². The highest BCUT2D eigenvalue weighted by Crippen LogP contribution is 2.28. The summed E-state index contributed by atoms with van der Waals surface area (Å²) < 4.78 is 0. The van der Waals surface area contributed by atoms with Crippen molar-refractivity contribution in [3.05, 3.63) is 42.5 Å². The van der Waals surface area contributed by atoms with Crippen molar-refractivity contribution < 1.29 is 9.90 Å². The molecule has 4 heteroatoms. The zero-order valence-electron chi connectivity index (χ0n) is 11.2. The Morgan fingerprint density at radius 3 is 2.70 bits per heavy atom. The van der Waals surface area contributed by atoms with E-state index in [9.17, 15) is 4.79 Å². The fourth-order valence-electron chi connectivity index (χ4n) is 2.47. The number of nitrogens with one attached hydrogen (secondary N) is 1. The Kier molecular flexibility index (Phi) is 3.56. The van der Waals surface area contributed by atoms with Gasteiger partial charge in [0.05, 0.1) is 12.3 Å². The van der Waals surface area contributed by atoms with E-state index >= 15 is 0 Å². The topological polar surface area (TPSA) is 52.6 Å². The number of anilines is 1. The van der Waals surface area contributed by atoms with Crippen LogP contribution in [0.3, 0.4) is 0 Å². The molecule has 0 radical (unpaired) electrons. The van der Waals surface area contributed by atoms with Crippen molar-refractivity contribution in [2.75, 3.05) is 18.5 Å². The molecule has 0 heterocycles. The van der Waals surface area contributed by atoms with Crippen LogP contribution in [-0.2, 0) is 0 Å². The van der Waals surface area contributed by atoms with Gasteiger partial charge in [-0.05, 0) is 24.3 Å². The van der Waals surface area contributed by atoms with Crippen LogP contribution < -0.4 is 5.32 Å². The molecule has 3 rings (SSSR count). The van der Waals surface area contributed by atoms with Crippen molar-refractivity contribution in [3.8, 4) is 0 Å². The lowest BCUT2D eigenvalue weighted by Crippen LogP contribution is -2.38. The van der Waals surface area contributed by atoms with E-state index in [1.165, 1.54) is 0 Å². The molecule has 0 aliphatic heterocycles. The van der Waals surface area contributed by atoms with Crippen molar-refractivity contribution in [2.24, 2.45) is 0 Å². The number of nitrogens with zero attached hydrogens (tertiary/aromatic N) is 1. The third-order valence-corrected chi connectivity index (χ3v) is 3.62. The van der Waals surface area contributed by atoms with Gasteiger partial charge < -0.3 is 15.3 Å². The summed E-state index contributed by atoms with van der Waals surface area (Å²) in [6.45, 7) is 0.390. The number of hydrogen-bond acceptors (Lipinski definition) is 2. The maximum absolute atomic E-state index is 12.3. The highest BCUT2D eigenvalue weighted by atomic mass is 16.3. The van der Waals surface area contributed by atoms with E-state index in [2.05, 4.69) is 5.32 Å². The van der Waals surface area contributed by atoms with Crippen molar-refractivity contribution in [3.63, 3.8) is 0 Å². The number of aliphatic hydroxyl groups is 1. The molecular formula is C16H18N2O2. The SMILES string of the molecule is O=C(Nc1cccc2ccccc12)N(CCO)C1CC1. The lowest BCUT2D eigenvalue weighted by molar-refractivity contribution is 0.185. The third-order valence-electron chi connectivity index (χ3n) is 3.62. The number of aliphatic hydroxyl groups excluding tert-OH is 1. The maximum atomic E-state index is 12.3. The smallest absolute Gasteiger partial charge is 0.322 e. The van der Waals surface area contributed by atoms with Crippen LogP contribution in [-0.4, -0.2) is 35.2 Å². The molecule has 1 saturated carbocycles. The Morgan fingerprint density at radius 2 is 1.95 bits per heavy atom. The lowest BCUT2D eigenvalue weighted by atomic mass is 10.1. The van der Waals surface area contributed by atoms with E-state index in [0.29, 0.717) is 6.54 Å². The first kappa shape index (κ1) is 12.9. The number of hydrogen-bond donors (Lipinski definition) is 2. The van der Waals surface area contributed by atoms with Crippen LogP contribution in [0.15, 0.2) is 42.5 Å². The lowest BCUT2D eigenvalue weighted by Gasteiger charge is -2.22. The van der Waals surface area contributed by atoms with Gasteiger partial charge in [-0.2, -0.15) is 0 Å². The van der Waals surface area contributed by atoms with Crippen LogP contribution in [0.5, 0.6) is 0 Å². The summed E-state index contributed by atoms with van der Waals surface area (Å²) in [5.41, 5.74) is 0.816. The zero-order valence-corrected chi connectivity index (χ0v) is 11.2. The van der Waals surface area contributed by atoms with Gasteiger partial charge in [0.1, 0.15) is 0 Å². The monoisotopic (exact) mass is 270 g/mol. The minimum Gasteiger partial charge on any atom is -0.395 e. The van der Waals surface area contributed by atoms with Crippen LogP contribution in [0.1, 0.15) is 12.8 Å². The van der Waals surface area contributed by atoms with E-state index in [1.807, 2.05) is 42.5 Å². The Morgan fingerprint density at radius 1 is 1.20 bits per heavy atom. The van der Waals surface area contributed by atoms with E-state index < -0.39 is 0 Å². The number of amides is 2. The average Bonchev–Trinajstić information content (AvgIpc) is 3.29. The van der Waals surface area contributed by atoms with Gasteiger partial charge in [0.15, 0.2) is 0 Å². The first-order valence-corrected chi connectivity index (χ1v) is 6.96. The summed E-state index contributed by atoms with van der Waals surface area (Å²) in [6, 6.07) is 14.0. The normalized spacial score (nSPS) is 14.2. The molecule has 2 aromatic carbocycles. The fraction of sp³-hybridized carbons (Fsp3) is 0.312. The largest absolute Gasteiger partial charge is 0.395 e. The number of urea groups is 1. The highest BCUT2D eigenvalue weighted by molar-refractivity contribution is 6.01. The van der Waals surface area contributed by atoms with Gasteiger partial charge in [-0.1, -0.05) is 36.4 Å². The molecule has 0 atom stereocenters. The molecule has 1 aliphatic carbocycles. The average molecular weight is 270 g/mol. The Balaban J connectivity index is 1.83. The Hall–Kier alpha value is -2.07. The molecule has 0 spiro atoms. The van der Waals surface area contributed by atoms with Crippen molar-refractivity contribution in [1.82, 2.24) is 4.90 Å². The van der Waals surface area contributed by atoms with Gasteiger partial charge in [-0.15, -0.1) is 0 Å². The van der Waals surface area contributed by atoms with Gasteiger partial charge in [0.2, 0.25) is 0 Å². The van der Waals surface area contributed by atoms with Crippen LogP contribution in [0.4, 0.5) is 10.5 Å². The summed E-state index contributed by atoms with van der Waals surface area (Å²) in [7, 11) is 0. The standard InChI is InChI=1S/C16H18N2O2/c19-11-10-18(13-8-9-13)16(20)17-15-7-3-5-12-4-1-2-6-14(12)15/h1-7,13,19H,8-11H2,(H,17,20). The van der Waals surface area contributed by atoms with Crippen molar-refractivity contribution in [2.45, 2.75) is 18.9 Å². The highest BCUT2D eigenvalue weighted by Gasteiger charge is 2.32. The second-order valence-electron chi connectivity index (χ2n) is 5.11. The molecule has 0 bridgehead atoms. The maximum Gasteiger partial charge on any atom is 0.322 e. The molecule has 0 saturated heterocycles. The zero-order chi connectivity index (χ0) is 13.9. The van der Waals surface area contributed by atoms with Crippen LogP contribution >= 0.6 is 0 Å². The molecule has 2 aromatic rings. The number of carbonyl (C=O) groups is 1. The molecule has 0 aromatic heterocycles. The number of carbonyl (C=O) groups excluding carboxylic acids is 1. The second kappa shape index (κ2) is 5.51. The molecule has 4 nitrogen and oxygen atoms in total. The molecule has 2 amide bonds. The minimum atomic E-state index is -0.127. The summed E-state index contributed by atoms with van der Waals surface area (Å²) in [5.74, 6) is 0. The second-order valence-corrected chi connectivity index (χ2v) is 5.11.